The van der Waals surface area contributed by atoms with Gasteiger partial charge >= 0.3 is 0 Å². The van der Waals surface area contributed by atoms with E-state index in [9.17, 15) is 9.59 Å². The van der Waals surface area contributed by atoms with Crippen LogP contribution in [-0.2, 0) is 11.3 Å². The number of nitrogens with one attached hydrogen (secondary N) is 1. The van der Waals surface area contributed by atoms with Crippen LogP contribution in [0.25, 0.3) is 10.9 Å². The SMILES string of the molecule is O=C(COc1ccccc1)N1CCN(Cc2cc3ccccc3[nH]c2=O)CC1. The third-order valence-corrected chi connectivity index (χ3v) is 5.05. The van der Waals surface area contributed by atoms with Crippen molar-refractivity contribution in [2.75, 3.05) is 32.8 Å². The Morgan fingerprint density at radius 1 is 0.964 bits per heavy atom. The molecule has 0 unspecified atom stereocenters. The van der Waals surface area contributed by atoms with Crippen molar-refractivity contribution >= 4 is 16.8 Å². The molecule has 2 aromatic carbocycles. The molecule has 1 aromatic heterocycles. The zero-order chi connectivity index (χ0) is 19.3. The van der Waals surface area contributed by atoms with E-state index in [1.54, 1.807) is 0 Å². The van der Waals surface area contributed by atoms with Crippen LogP contribution in [0.2, 0.25) is 0 Å². The van der Waals surface area contributed by atoms with Crippen LogP contribution in [0.5, 0.6) is 5.75 Å². The van der Waals surface area contributed by atoms with Gasteiger partial charge in [0.2, 0.25) is 0 Å². The summed E-state index contributed by atoms with van der Waals surface area (Å²) >= 11 is 0. The van der Waals surface area contributed by atoms with E-state index in [0.29, 0.717) is 25.4 Å². The first-order valence-electron chi connectivity index (χ1n) is 9.48. The normalized spacial score (nSPS) is 14.9. The first-order valence-corrected chi connectivity index (χ1v) is 9.48. The topological polar surface area (TPSA) is 65.6 Å². The van der Waals surface area contributed by atoms with Crippen LogP contribution in [0.4, 0.5) is 0 Å². The van der Waals surface area contributed by atoms with Crippen molar-refractivity contribution in [3.8, 4) is 5.75 Å². The molecule has 144 valence electrons. The molecule has 0 atom stereocenters. The fourth-order valence-electron chi connectivity index (χ4n) is 3.46. The Bertz CT molecular complexity index is 1010. The number of rotatable bonds is 5. The molecule has 1 fully saturated rings. The van der Waals surface area contributed by atoms with Gasteiger partial charge in [0.15, 0.2) is 6.61 Å². The molecule has 0 aliphatic carbocycles. The second-order valence-electron chi connectivity index (χ2n) is 6.97. The van der Waals surface area contributed by atoms with Crippen LogP contribution in [0.15, 0.2) is 65.5 Å². The number of H-pyrrole nitrogens is 1. The molecule has 1 saturated heterocycles. The van der Waals surface area contributed by atoms with Crippen molar-refractivity contribution in [1.82, 2.24) is 14.8 Å². The molecule has 2 heterocycles. The lowest BCUT2D eigenvalue weighted by atomic mass is 10.1. The number of hydrogen-bond donors (Lipinski definition) is 1. The van der Waals surface area contributed by atoms with Crippen LogP contribution in [-0.4, -0.2) is 53.5 Å². The first kappa shape index (κ1) is 18.3. The van der Waals surface area contributed by atoms with Crippen molar-refractivity contribution < 1.29 is 9.53 Å². The van der Waals surface area contributed by atoms with Crippen LogP contribution >= 0.6 is 0 Å². The largest absolute Gasteiger partial charge is 0.484 e. The maximum absolute atomic E-state index is 12.4. The van der Waals surface area contributed by atoms with Gasteiger partial charge in [-0.2, -0.15) is 0 Å². The average Bonchev–Trinajstić information content (AvgIpc) is 2.74. The van der Waals surface area contributed by atoms with Gasteiger partial charge in [0.1, 0.15) is 5.75 Å². The van der Waals surface area contributed by atoms with Gasteiger partial charge in [-0.05, 0) is 29.7 Å². The molecule has 6 heteroatoms. The van der Waals surface area contributed by atoms with Gasteiger partial charge in [-0.1, -0.05) is 36.4 Å². The molecule has 1 aliphatic heterocycles. The molecule has 1 aliphatic rings. The standard InChI is InChI=1S/C22H23N3O3/c26-21(16-28-19-7-2-1-3-8-19)25-12-10-24(11-13-25)15-18-14-17-6-4-5-9-20(17)23-22(18)27/h1-9,14H,10-13,15-16H2,(H,23,27). The van der Waals surface area contributed by atoms with Crippen molar-refractivity contribution in [1.29, 1.82) is 0 Å². The van der Waals surface area contributed by atoms with E-state index < -0.39 is 0 Å². The number of aromatic amines is 1. The number of para-hydroxylation sites is 2. The van der Waals surface area contributed by atoms with E-state index in [1.807, 2.05) is 65.6 Å². The zero-order valence-corrected chi connectivity index (χ0v) is 15.6. The number of fused-ring (bicyclic) bond motifs is 1. The Balaban J connectivity index is 1.31. The Morgan fingerprint density at radius 3 is 2.46 bits per heavy atom. The highest BCUT2D eigenvalue weighted by Gasteiger charge is 2.22. The predicted molar refractivity (Wildman–Crippen MR) is 108 cm³/mol. The number of hydrogen-bond acceptors (Lipinski definition) is 4. The number of carbonyl (C=O) groups excluding carboxylic acids is 1. The summed E-state index contributed by atoms with van der Waals surface area (Å²) in [6.07, 6.45) is 0. The Morgan fingerprint density at radius 2 is 1.68 bits per heavy atom. The fourth-order valence-corrected chi connectivity index (χ4v) is 3.46. The molecule has 0 bridgehead atoms. The Hall–Kier alpha value is -3.12. The van der Waals surface area contributed by atoms with Crippen molar-refractivity contribution in [3.05, 3.63) is 76.6 Å². The van der Waals surface area contributed by atoms with Gasteiger partial charge in [-0.3, -0.25) is 14.5 Å². The quantitative estimate of drug-likeness (QED) is 0.741. The van der Waals surface area contributed by atoms with E-state index >= 15 is 0 Å². The summed E-state index contributed by atoms with van der Waals surface area (Å²) in [6, 6.07) is 19.1. The lowest BCUT2D eigenvalue weighted by Gasteiger charge is -2.34. The molecule has 6 nitrogen and oxygen atoms in total. The molecule has 1 amide bonds. The number of amides is 1. The van der Waals surface area contributed by atoms with Gasteiger partial charge in [0.25, 0.3) is 11.5 Å². The molecule has 4 rings (SSSR count). The van der Waals surface area contributed by atoms with Gasteiger partial charge in [-0.25, -0.2) is 0 Å². The lowest BCUT2D eigenvalue weighted by molar-refractivity contribution is -0.135. The maximum Gasteiger partial charge on any atom is 0.260 e. The fraction of sp³-hybridized carbons (Fsp3) is 0.273. The van der Waals surface area contributed by atoms with E-state index in [2.05, 4.69) is 9.88 Å². The Labute approximate surface area is 163 Å². The molecular weight excluding hydrogens is 354 g/mol. The van der Waals surface area contributed by atoms with Crippen molar-refractivity contribution in [2.24, 2.45) is 0 Å². The van der Waals surface area contributed by atoms with Gasteiger partial charge in [0.05, 0.1) is 0 Å². The van der Waals surface area contributed by atoms with Gasteiger partial charge in [0, 0.05) is 43.8 Å². The third kappa shape index (κ3) is 4.23. The number of piperazine rings is 1. The lowest BCUT2D eigenvalue weighted by Crippen LogP contribution is -2.49. The second-order valence-corrected chi connectivity index (χ2v) is 6.97. The molecule has 0 spiro atoms. The van der Waals surface area contributed by atoms with E-state index in [0.717, 1.165) is 29.6 Å². The molecular formula is C22H23N3O3. The minimum absolute atomic E-state index is 0.00736. The Kier molecular flexibility index (Phi) is 5.39. The van der Waals surface area contributed by atoms with Crippen LogP contribution < -0.4 is 10.3 Å². The minimum atomic E-state index is -0.0477. The molecule has 1 N–H and O–H groups in total. The van der Waals surface area contributed by atoms with E-state index in [1.165, 1.54) is 0 Å². The third-order valence-electron chi connectivity index (χ3n) is 5.05. The van der Waals surface area contributed by atoms with Gasteiger partial charge in [-0.15, -0.1) is 0 Å². The summed E-state index contributed by atoms with van der Waals surface area (Å²) in [4.78, 5) is 31.7. The summed E-state index contributed by atoms with van der Waals surface area (Å²) in [5.41, 5.74) is 1.56. The van der Waals surface area contributed by atoms with E-state index in [-0.39, 0.29) is 18.1 Å². The number of nitrogens with zero attached hydrogens (tertiary/aromatic N) is 2. The highest BCUT2D eigenvalue weighted by atomic mass is 16.5. The maximum atomic E-state index is 12.4. The average molecular weight is 377 g/mol. The van der Waals surface area contributed by atoms with Crippen molar-refractivity contribution in [2.45, 2.75) is 6.54 Å². The van der Waals surface area contributed by atoms with Gasteiger partial charge < -0.3 is 14.6 Å². The number of benzene rings is 2. The smallest absolute Gasteiger partial charge is 0.260 e. The van der Waals surface area contributed by atoms with Crippen molar-refractivity contribution in [3.63, 3.8) is 0 Å². The molecule has 0 saturated carbocycles. The van der Waals surface area contributed by atoms with Crippen LogP contribution in [0.1, 0.15) is 5.56 Å². The summed E-state index contributed by atoms with van der Waals surface area (Å²) in [6.45, 7) is 3.40. The minimum Gasteiger partial charge on any atom is -0.484 e. The predicted octanol–water partition coefficient (Wildman–Crippen LogP) is 2.25. The first-order chi connectivity index (χ1) is 13.7. The van der Waals surface area contributed by atoms with Crippen LogP contribution in [0.3, 0.4) is 0 Å². The molecule has 3 aromatic rings. The summed E-state index contributed by atoms with van der Waals surface area (Å²) in [7, 11) is 0. The number of aromatic nitrogens is 1. The van der Waals surface area contributed by atoms with Crippen LogP contribution in [0, 0.1) is 0 Å². The molecule has 28 heavy (non-hydrogen) atoms. The highest BCUT2D eigenvalue weighted by Crippen LogP contribution is 2.13. The second kappa shape index (κ2) is 8.27. The monoisotopic (exact) mass is 377 g/mol. The number of pyridine rings is 1. The summed E-state index contributed by atoms with van der Waals surface area (Å²) in [5, 5.41) is 1.03. The highest BCUT2D eigenvalue weighted by molar-refractivity contribution is 5.79. The summed E-state index contributed by atoms with van der Waals surface area (Å²) in [5.74, 6) is 0.692. The molecule has 0 radical (unpaired) electrons. The zero-order valence-electron chi connectivity index (χ0n) is 15.6. The number of ether oxygens (including phenoxy) is 1. The summed E-state index contributed by atoms with van der Waals surface area (Å²) < 4.78 is 5.55. The van der Waals surface area contributed by atoms with E-state index in [4.69, 9.17) is 4.74 Å². The number of carbonyl (C=O) groups is 1.